The number of aromatic nitrogens is 1. The van der Waals surface area contributed by atoms with E-state index in [0.717, 1.165) is 0 Å². The first kappa shape index (κ1) is 9.20. The first-order valence-electron chi connectivity index (χ1n) is 5.03. The van der Waals surface area contributed by atoms with Crippen molar-refractivity contribution in [2.24, 2.45) is 0 Å². The Morgan fingerprint density at radius 3 is 2.57 bits per heavy atom. The number of pyridine rings is 1. The van der Waals surface area contributed by atoms with Crippen molar-refractivity contribution in [1.29, 1.82) is 0 Å². The molecule has 2 rings (SSSR count). The standard InChI is InChI=1S/C13H15N/c1-9(2)11-5-4-10(3)12-6-7-14-8-13(11)12/h4-9H,1-3H3. The lowest BCUT2D eigenvalue weighted by Crippen LogP contribution is -1.91. The molecule has 72 valence electrons. The van der Waals surface area contributed by atoms with Crippen molar-refractivity contribution < 1.29 is 0 Å². The average molecular weight is 185 g/mol. The molecule has 0 aliphatic rings. The van der Waals surface area contributed by atoms with Crippen LogP contribution in [-0.4, -0.2) is 4.98 Å². The van der Waals surface area contributed by atoms with Gasteiger partial charge in [0.05, 0.1) is 0 Å². The zero-order chi connectivity index (χ0) is 10.1. The summed E-state index contributed by atoms with van der Waals surface area (Å²) in [4.78, 5) is 4.20. The number of aryl methyl sites for hydroxylation is 1. The Kier molecular flexibility index (Phi) is 2.24. The van der Waals surface area contributed by atoms with Gasteiger partial charge in [-0.3, -0.25) is 4.98 Å². The van der Waals surface area contributed by atoms with Crippen LogP contribution in [0.1, 0.15) is 30.9 Å². The van der Waals surface area contributed by atoms with Crippen molar-refractivity contribution >= 4 is 10.8 Å². The molecule has 0 spiro atoms. The fourth-order valence-corrected chi connectivity index (χ4v) is 1.87. The molecule has 0 fully saturated rings. The second-order valence-electron chi connectivity index (χ2n) is 4.05. The number of hydrogen-bond donors (Lipinski definition) is 0. The maximum atomic E-state index is 4.20. The van der Waals surface area contributed by atoms with Crippen LogP contribution >= 0.6 is 0 Å². The van der Waals surface area contributed by atoms with Crippen LogP contribution in [0.2, 0.25) is 0 Å². The van der Waals surface area contributed by atoms with Crippen molar-refractivity contribution in [3.8, 4) is 0 Å². The molecule has 1 aromatic heterocycles. The molecule has 0 N–H and O–H groups in total. The monoisotopic (exact) mass is 185 g/mol. The zero-order valence-corrected chi connectivity index (χ0v) is 8.91. The molecule has 0 amide bonds. The molecular formula is C13H15N. The molecule has 1 heterocycles. The highest BCUT2D eigenvalue weighted by Crippen LogP contribution is 2.26. The van der Waals surface area contributed by atoms with E-state index in [-0.39, 0.29) is 0 Å². The largest absolute Gasteiger partial charge is 0.264 e. The summed E-state index contributed by atoms with van der Waals surface area (Å²) >= 11 is 0. The Morgan fingerprint density at radius 2 is 1.86 bits per heavy atom. The van der Waals surface area contributed by atoms with E-state index in [0.29, 0.717) is 5.92 Å². The van der Waals surface area contributed by atoms with E-state index < -0.39 is 0 Å². The molecule has 14 heavy (non-hydrogen) atoms. The summed E-state index contributed by atoms with van der Waals surface area (Å²) in [5, 5.41) is 2.62. The lowest BCUT2D eigenvalue weighted by molar-refractivity contribution is 0.875. The van der Waals surface area contributed by atoms with Crippen molar-refractivity contribution in [2.75, 3.05) is 0 Å². The number of nitrogens with zero attached hydrogens (tertiary/aromatic N) is 1. The number of hydrogen-bond acceptors (Lipinski definition) is 1. The minimum atomic E-state index is 0.558. The van der Waals surface area contributed by atoms with Gasteiger partial charge in [-0.1, -0.05) is 26.0 Å². The SMILES string of the molecule is Cc1ccc(C(C)C)c2cnccc12. The quantitative estimate of drug-likeness (QED) is 0.660. The maximum Gasteiger partial charge on any atom is 0.0349 e. The lowest BCUT2D eigenvalue weighted by atomic mass is 9.95. The molecule has 1 nitrogen and oxygen atoms in total. The predicted octanol–water partition coefficient (Wildman–Crippen LogP) is 3.67. The summed E-state index contributed by atoms with van der Waals surface area (Å²) < 4.78 is 0. The topological polar surface area (TPSA) is 12.9 Å². The van der Waals surface area contributed by atoms with Gasteiger partial charge in [0.15, 0.2) is 0 Å². The summed E-state index contributed by atoms with van der Waals surface area (Å²) in [6.07, 6.45) is 3.83. The molecule has 0 aliphatic carbocycles. The van der Waals surface area contributed by atoms with Crippen LogP contribution in [0.5, 0.6) is 0 Å². The van der Waals surface area contributed by atoms with Gasteiger partial charge in [0, 0.05) is 17.8 Å². The normalized spacial score (nSPS) is 11.1. The van der Waals surface area contributed by atoms with Crippen LogP contribution in [0.4, 0.5) is 0 Å². The Morgan fingerprint density at radius 1 is 1.07 bits per heavy atom. The minimum absolute atomic E-state index is 0.558. The van der Waals surface area contributed by atoms with Gasteiger partial charge in [0.1, 0.15) is 0 Å². The third-order valence-electron chi connectivity index (χ3n) is 2.69. The van der Waals surface area contributed by atoms with E-state index in [1.807, 2.05) is 12.4 Å². The smallest absolute Gasteiger partial charge is 0.0349 e. The van der Waals surface area contributed by atoms with Gasteiger partial charge in [-0.05, 0) is 35.4 Å². The molecule has 2 aromatic rings. The van der Waals surface area contributed by atoms with Crippen LogP contribution in [0.25, 0.3) is 10.8 Å². The summed E-state index contributed by atoms with van der Waals surface area (Å²) in [5.74, 6) is 0.558. The first-order chi connectivity index (χ1) is 6.70. The Balaban J connectivity index is 2.82. The van der Waals surface area contributed by atoms with Crippen LogP contribution in [0.15, 0.2) is 30.6 Å². The highest BCUT2D eigenvalue weighted by atomic mass is 14.6. The molecule has 0 radical (unpaired) electrons. The average Bonchev–Trinajstić information content (AvgIpc) is 2.18. The van der Waals surface area contributed by atoms with Crippen molar-refractivity contribution in [2.45, 2.75) is 26.7 Å². The Hall–Kier alpha value is -1.37. The van der Waals surface area contributed by atoms with Crippen LogP contribution < -0.4 is 0 Å². The third kappa shape index (κ3) is 1.39. The molecule has 1 heteroatoms. The highest BCUT2D eigenvalue weighted by molar-refractivity contribution is 5.88. The second-order valence-corrected chi connectivity index (χ2v) is 4.05. The molecule has 0 aliphatic heterocycles. The molecule has 1 aromatic carbocycles. The first-order valence-corrected chi connectivity index (χ1v) is 5.03. The van der Waals surface area contributed by atoms with Gasteiger partial charge in [-0.2, -0.15) is 0 Å². The van der Waals surface area contributed by atoms with Gasteiger partial charge in [0.2, 0.25) is 0 Å². The van der Waals surface area contributed by atoms with E-state index in [9.17, 15) is 0 Å². The fraction of sp³-hybridized carbons (Fsp3) is 0.308. The predicted molar refractivity (Wildman–Crippen MR) is 60.6 cm³/mol. The molecular weight excluding hydrogens is 170 g/mol. The van der Waals surface area contributed by atoms with Crippen LogP contribution in [-0.2, 0) is 0 Å². The fourth-order valence-electron chi connectivity index (χ4n) is 1.87. The van der Waals surface area contributed by atoms with Crippen molar-refractivity contribution in [3.05, 3.63) is 41.7 Å². The maximum absolute atomic E-state index is 4.20. The number of fused-ring (bicyclic) bond motifs is 1. The van der Waals surface area contributed by atoms with E-state index in [4.69, 9.17) is 0 Å². The van der Waals surface area contributed by atoms with Gasteiger partial charge in [-0.25, -0.2) is 0 Å². The van der Waals surface area contributed by atoms with Gasteiger partial charge in [0.25, 0.3) is 0 Å². The van der Waals surface area contributed by atoms with Gasteiger partial charge >= 0.3 is 0 Å². The van der Waals surface area contributed by atoms with E-state index >= 15 is 0 Å². The van der Waals surface area contributed by atoms with E-state index in [1.165, 1.54) is 21.9 Å². The Labute approximate surface area is 84.8 Å². The van der Waals surface area contributed by atoms with Crippen LogP contribution in [0.3, 0.4) is 0 Å². The summed E-state index contributed by atoms with van der Waals surface area (Å²) in [5.41, 5.74) is 2.71. The molecule has 0 unspecified atom stereocenters. The third-order valence-corrected chi connectivity index (χ3v) is 2.69. The Bertz CT molecular complexity index is 458. The highest BCUT2D eigenvalue weighted by Gasteiger charge is 2.05. The summed E-state index contributed by atoms with van der Waals surface area (Å²) in [7, 11) is 0. The van der Waals surface area contributed by atoms with Crippen molar-refractivity contribution in [3.63, 3.8) is 0 Å². The number of rotatable bonds is 1. The summed E-state index contributed by atoms with van der Waals surface area (Å²) in [6.45, 7) is 6.58. The van der Waals surface area contributed by atoms with E-state index in [2.05, 4.69) is 44.0 Å². The van der Waals surface area contributed by atoms with Gasteiger partial charge < -0.3 is 0 Å². The van der Waals surface area contributed by atoms with E-state index in [1.54, 1.807) is 0 Å². The molecule has 0 bridgehead atoms. The number of benzene rings is 1. The lowest BCUT2D eigenvalue weighted by Gasteiger charge is -2.10. The second kappa shape index (κ2) is 3.41. The zero-order valence-electron chi connectivity index (χ0n) is 8.91. The molecule has 0 saturated carbocycles. The summed E-state index contributed by atoms with van der Waals surface area (Å²) in [6, 6.07) is 6.50. The van der Waals surface area contributed by atoms with Gasteiger partial charge in [-0.15, -0.1) is 0 Å². The van der Waals surface area contributed by atoms with Crippen molar-refractivity contribution in [1.82, 2.24) is 4.98 Å². The molecule has 0 saturated heterocycles. The molecule has 0 atom stereocenters. The minimum Gasteiger partial charge on any atom is -0.264 e. The van der Waals surface area contributed by atoms with Crippen LogP contribution in [0, 0.1) is 6.92 Å².